The molecule has 0 saturated heterocycles. The van der Waals surface area contributed by atoms with E-state index >= 15 is 0 Å². The molecule has 0 bridgehead atoms. The van der Waals surface area contributed by atoms with Crippen molar-refractivity contribution in [2.45, 2.75) is 58.8 Å². The highest BCUT2D eigenvalue weighted by molar-refractivity contribution is 5.53. The predicted molar refractivity (Wildman–Crippen MR) is 82.0 cm³/mol. The van der Waals surface area contributed by atoms with E-state index in [0.717, 1.165) is 35.4 Å². The van der Waals surface area contributed by atoms with E-state index in [1.165, 1.54) is 12.8 Å². The summed E-state index contributed by atoms with van der Waals surface area (Å²) < 4.78 is 17.0. The summed E-state index contributed by atoms with van der Waals surface area (Å²) in [6.07, 6.45) is 5.10. The van der Waals surface area contributed by atoms with Crippen LogP contribution >= 0.6 is 0 Å². The van der Waals surface area contributed by atoms with Gasteiger partial charge in [0, 0.05) is 16.8 Å². The summed E-state index contributed by atoms with van der Waals surface area (Å²) in [6.45, 7) is 6.11. The average molecular weight is 291 g/mol. The van der Waals surface area contributed by atoms with Gasteiger partial charge in [-0.3, -0.25) is 0 Å². The minimum absolute atomic E-state index is 0.307. The summed E-state index contributed by atoms with van der Waals surface area (Å²) in [5.41, 5.74) is 9.23. The molecular weight excluding hydrogens is 266 g/mol. The third-order valence-electron chi connectivity index (χ3n) is 4.57. The van der Waals surface area contributed by atoms with E-state index in [9.17, 15) is 0 Å². The molecule has 0 aromatic heterocycles. The third kappa shape index (κ3) is 3.50. The van der Waals surface area contributed by atoms with Gasteiger partial charge in [-0.05, 0) is 43.2 Å². The van der Waals surface area contributed by atoms with E-state index in [1.807, 2.05) is 12.1 Å². The number of ether oxygens (including phenoxy) is 3. The molecule has 1 aromatic carbocycles. The van der Waals surface area contributed by atoms with Crippen LogP contribution in [0, 0.1) is 5.41 Å². The Morgan fingerprint density at radius 1 is 1.29 bits per heavy atom. The maximum atomic E-state index is 6.11. The Balaban J connectivity index is 1.64. The first-order valence-electron chi connectivity index (χ1n) is 7.77. The monoisotopic (exact) mass is 291 g/mol. The van der Waals surface area contributed by atoms with Crippen molar-refractivity contribution in [3.05, 3.63) is 23.3 Å². The van der Waals surface area contributed by atoms with Crippen molar-refractivity contribution in [1.29, 1.82) is 0 Å². The molecule has 3 rings (SSSR count). The van der Waals surface area contributed by atoms with E-state index in [0.29, 0.717) is 31.5 Å². The molecule has 1 aromatic rings. The molecule has 4 nitrogen and oxygen atoms in total. The Kier molecular flexibility index (Phi) is 4.09. The molecular formula is C17H25NO3. The van der Waals surface area contributed by atoms with Crippen LogP contribution in [-0.2, 0) is 22.7 Å². The van der Waals surface area contributed by atoms with Crippen LogP contribution in [0.4, 0.5) is 5.69 Å². The van der Waals surface area contributed by atoms with E-state index in [1.54, 1.807) is 0 Å². The van der Waals surface area contributed by atoms with Crippen LogP contribution in [0.25, 0.3) is 0 Å². The Bertz CT molecular complexity index is 503. The second kappa shape index (κ2) is 5.85. The van der Waals surface area contributed by atoms with Crippen molar-refractivity contribution >= 4 is 5.69 Å². The highest BCUT2D eigenvalue weighted by Gasteiger charge is 2.27. The van der Waals surface area contributed by atoms with Gasteiger partial charge in [0.1, 0.15) is 5.75 Å². The third-order valence-corrected chi connectivity index (χ3v) is 4.57. The molecule has 1 saturated carbocycles. The first-order valence-corrected chi connectivity index (χ1v) is 7.77. The first-order chi connectivity index (χ1) is 10.0. The van der Waals surface area contributed by atoms with Gasteiger partial charge in [0.25, 0.3) is 0 Å². The number of anilines is 1. The second-order valence-corrected chi connectivity index (χ2v) is 6.95. The van der Waals surface area contributed by atoms with Crippen LogP contribution in [-0.4, -0.2) is 12.9 Å². The van der Waals surface area contributed by atoms with Gasteiger partial charge in [-0.2, -0.15) is 0 Å². The van der Waals surface area contributed by atoms with Gasteiger partial charge in [-0.25, -0.2) is 0 Å². The standard InChI is InChI=1S/C17H25NO3/c1-17(2)5-3-15(4-6-17)20-10-13-8-14(18)7-12-9-19-11-21-16(12)13/h7-8,15H,3-6,9-11,18H2,1-2H3. The molecule has 2 N–H and O–H groups in total. The van der Waals surface area contributed by atoms with Gasteiger partial charge in [0.15, 0.2) is 6.79 Å². The molecule has 2 aliphatic rings. The van der Waals surface area contributed by atoms with Crippen molar-refractivity contribution in [3.63, 3.8) is 0 Å². The molecule has 0 spiro atoms. The maximum absolute atomic E-state index is 6.11. The Hall–Kier alpha value is -1.26. The number of hydrogen-bond donors (Lipinski definition) is 1. The smallest absolute Gasteiger partial charge is 0.189 e. The predicted octanol–water partition coefficient (Wildman–Crippen LogP) is 3.62. The lowest BCUT2D eigenvalue weighted by atomic mass is 9.76. The number of nitrogens with two attached hydrogens (primary N) is 1. The van der Waals surface area contributed by atoms with E-state index in [2.05, 4.69) is 13.8 Å². The van der Waals surface area contributed by atoms with Gasteiger partial charge < -0.3 is 19.9 Å². The van der Waals surface area contributed by atoms with Gasteiger partial charge in [-0.15, -0.1) is 0 Å². The minimum atomic E-state index is 0.307. The molecule has 4 heteroatoms. The summed E-state index contributed by atoms with van der Waals surface area (Å²) in [7, 11) is 0. The zero-order chi connectivity index (χ0) is 14.9. The molecule has 1 aliphatic carbocycles. The molecule has 1 aliphatic heterocycles. The van der Waals surface area contributed by atoms with Crippen molar-refractivity contribution in [2.24, 2.45) is 5.41 Å². The molecule has 1 heterocycles. The Morgan fingerprint density at radius 2 is 2.05 bits per heavy atom. The summed E-state index contributed by atoms with van der Waals surface area (Å²) in [5, 5.41) is 0. The lowest BCUT2D eigenvalue weighted by Gasteiger charge is -2.34. The second-order valence-electron chi connectivity index (χ2n) is 6.95. The number of fused-ring (bicyclic) bond motifs is 1. The van der Waals surface area contributed by atoms with Crippen LogP contribution in [0.5, 0.6) is 5.75 Å². The van der Waals surface area contributed by atoms with Crippen molar-refractivity contribution < 1.29 is 14.2 Å². The van der Waals surface area contributed by atoms with Gasteiger partial charge in [-0.1, -0.05) is 13.8 Å². The van der Waals surface area contributed by atoms with Gasteiger partial charge >= 0.3 is 0 Å². The van der Waals surface area contributed by atoms with Crippen LogP contribution < -0.4 is 10.5 Å². The molecule has 1 fully saturated rings. The Labute approximate surface area is 126 Å². The molecule has 21 heavy (non-hydrogen) atoms. The first kappa shape index (κ1) is 14.7. The molecule has 116 valence electrons. The Morgan fingerprint density at radius 3 is 2.81 bits per heavy atom. The fourth-order valence-electron chi connectivity index (χ4n) is 3.18. The maximum Gasteiger partial charge on any atom is 0.189 e. The number of rotatable bonds is 3. The largest absolute Gasteiger partial charge is 0.467 e. The van der Waals surface area contributed by atoms with Crippen LogP contribution in [0.1, 0.15) is 50.7 Å². The van der Waals surface area contributed by atoms with E-state index in [4.69, 9.17) is 19.9 Å². The van der Waals surface area contributed by atoms with E-state index in [-0.39, 0.29) is 0 Å². The number of benzene rings is 1. The van der Waals surface area contributed by atoms with Crippen molar-refractivity contribution in [1.82, 2.24) is 0 Å². The fourth-order valence-corrected chi connectivity index (χ4v) is 3.18. The summed E-state index contributed by atoms with van der Waals surface area (Å²) in [6, 6.07) is 3.87. The summed E-state index contributed by atoms with van der Waals surface area (Å²) >= 11 is 0. The molecule has 0 amide bonds. The minimum Gasteiger partial charge on any atom is -0.467 e. The van der Waals surface area contributed by atoms with Crippen LogP contribution in [0.2, 0.25) is 0 Å². The average Bonchev–Trinajstić information content (AvgIpc) is 2.45. The van der Waals surface area contributed by atoms with Crippen LogP contribution in [0.15, 0.2) is 12.1 Å². The quantitative estimate of drug-likeness (QED) is 0.864. The topological polar surface area (TPSA) is 53.7 Å². The zero-order valence-electron chi connectivity index (χ0n) is 13.0. The zero-order valence-corrected chi connectivity index (χ0v) is 13.0. The summed E-state index contributed by atoms with van der Waals surface area (Å²) in [5.74, 6) is 0.895. The lowest BCUT2D eigenvalue weighted by Crippen LogP contribution is -2.26. The van der Waals surface area contributed by atoms with Crippen molar-refractivity contribution in [3.8, 4) is 5.75 Å². The summed E-state index contributed by atoms with van der Waals surface area (Å²) in [4.78, 5) is 0. The number of nitrogen functional groups attached to an aromatic ring is 1. The SMILES string of the molecule is CC1(C)CCC(OCc2cc(N)cc3c2OCOC3)CC1. The normalized spacial score (nSPS) is 21.6. The van der Waals surface area contributed by atoms with Crippen molar-refractivity contribution in [2.75, 3.05) is 12.5 Å². The van der Waals surface area contributed by atoms with Gasteiger partial charge in [0.05, 0.1) is 19.3 Å². The fraction of sp³-hybridized carbons (Fsp3) is 0.647. The number of hydrogen-bond acceptors (Lipinski definition) is 4. The molecule has 0 atom stereocenters. The van der Waals surface area contributed by atoms with Gasteiger partial charge in [0.2, 0.25) is 0 Å². The highest BCUT2D eigenvalue weighted by Crippen LogP contribution is 2.37. The molecule has 0 unspecified atom stereocenters. The molecule has 0 radical (unpaired) electrons. The van der Waals surface area contributed by atoms with Crippen LogP contribution in [0.3, 0.4) is 0 Å². The van der Waals surface area contributed by atoms with E-state index < -0.39 is 0 Å². The highest BCUT2D eigenvalue weighted by atomic mass is 16.7. The lowest BCUT2D eigenvalue weighted by molar-refractivity contribution is -0.0247.